The number of ether oxygens (including phenoxy) is 1. The molecule has 6 heteroatoms. The normalized spacial score (nSPS) is 10.2. The van der Waals surface area contributed by atoms with Crippen molar-refractivity contribution in [1.82, 2.24) is 5.32 Å². The monoisotopic (exact) mass is 382 g/mol. The van der Waals surface area contributed by atoms with Gasteiger partial charge in [0.25, 0.3) is 5.91 Å². The van der Waals surface area contributed by atoms with Gasteiger partial charge < -0.3 is 10.1 Å². The van der Waals surface area contributed by atoms with Crippen LogP contribution < -0.4 is 15.4 Å². The topological polar surface area (TPSA) is 50.4 Å². The molecule has 0 bridgehead atoms. The fourth-order valence-electron chi connectivity index (χ4n) is 2.56. The molecule has 2 aromatic carbocycles. The molecule has 0 aliphatic carbocycles. The average Bonchev–Trinajstić information content (AvgIpc) is 3.16. The number of carbonyl (C=O) groups is 1. The summed E-state index contributed by atoms with van der Waals surface area (Å²) in [6, 6.07) is 17.2. The van der Waals surface area contributed by atoms with Crippen molar-refractivity contribution in [2.45, 2.75) is 6.92 Å². The molecule has 3 rings (SSSR count). The van der Waals surface area contributed by atoms with Gasteiger partial charge in [-0.25, -0.2) is 0 Å². The number of carbonyl (C=O) groups excluding carboxylic acids is 1. The summed E-state index contributed by atoms with van der Waals surface area (Å²) in [7, 11) is 1.63. The Hall–Kier alpha value is -2.70. The minimum absolute atomic E-state index is 0.234. The molecule has 2 N–H and O–H groups in total. The number of benzene rings is 2. The third kappa shape index (κ3) is 4.09. The Morgan fingerprint density at radius 3 is 2.62 bits per heavy atom. The number of rotatable bonds is 4. The highest BCUT2D eigenvalue weighted by atomic mass is 32.1. The fraction of sp³-hybridized carbons (Fsp3) is 0.100. The molecule has 0 saturated heterocycles. The molecule has 1 heterocycles. The number of thiophene rings is 1. The van der Waals surface area contributed by atoms with Crippen LogP contribution >= 0.6 is 23.6 Å². The highest BCUT2D eigenvalue weighted by Gasteiger charge is 2.12. The molecule has 0 aliphatic heterocycles. The molecule has 1 amide bonds. The Kier molecular flexibility index (Phi) is 5.65. The van der Waals surface area contributed by atoms with E-state index in [1.54, 1.807) is 24.5 Å². The van der Waals surface area contributed by atoms with Crippen LogP contribution in [-0.2, 0) is 0 Å². The third-order valence-corrected chi connectivity index (χ3v) is 4.97. The molecule has 4 nitrogen and oxygen atoms in total. The van der Waals surface area contributed by atoms with E-state index >= 15 is 0 Å². The van der Waals surface area contributed by atoms with Crippen molar-refractivity contribution < 1.29 is 9.53 Å². The van der Waals surface area contributed by atoms with Crippen LogP contribution in [0, 0.1) is 6.92 Å². The van der Waals surface area contributed by atoms with E-state index in [0.717, 1.165) is 27.4 Å². The van der Waals surface area contributed by atoms with Crippen LogP contribution in [0.4, 0.5) is 5.69 Å². The van der Waals surface area contributed by atoms with E-state index < -0.39 is 0 Å². The highest BCUT2D eigenvalue weighted by molar-refractivity contribution is 7.80. The Balaban J connectivity index is 1.71. The second kappa shape index (κ2) is 8.12. The van der Waals surface area contributed by atoms with Crippen molar-refractivity contribution >= 4 is 40.3 Å². The van der Waals surface area contributed by atoms with Crippen LogP contribution in [0.5, 0.6) is 5.75 Å². The van der Waals surface area contributed by atoms with Gasteiger partial charge in [-0.1, -0.05) is 24.3 Å². The first-order valence-electron chi connectivity index (χ1n) is 7.98. The number of anilines is 1. The molecule has 3 aromatic rings. The van der Waals surface area contributed by atoms with Crippen LogP contribution in [0.25, 0.3) is 10.4 Å². The summed E-state index contributed by atoms with van der Waals surface area (Å²) in [5, 5.41) is 8.00. The van der Waals surface area contributed by atoms with Crippen molar-refractivity contribution in [2.75, 3.05) is 12.4 Å². The van der Waals surface area contributed by atoms with Gasteiger partial charge in [-0.15, -0.1) is 11.3 Å². The zero-order chi connectivity index (χ0) is 18.5. The minimum atomic E-state index is -0.234. The van der Waals surface area contributed by atoms with Crippen LogP contribution in [-0.4, -0.2) is 18.1 Å². The van der Waals surface area contributed by atoms with Gasteiger partial charge in [0.15, 0.2) is 5.11 Å². The van der Waals surface area contributed by atoms with Gasteiger partial charge in [-0.2, -0.15) is 0 Å². The summed E-state index contributed by atoms with van der Waals surface area (Å²) in [4.78, 5) is 13.5. The number of methoxy groups -OCH3 is 1. The predicted molar refractivity (Wildman–Crippen MR) is 111 cm³/mol. The number of thiocarbonyl (C=S) groups is 1. The molecule has 0 atom stereocenters. The van der Waals surface area contributed by atoms with Crippen LogP contribution in [0.15, 0.2) is 60.0 Å². The lowest BCUT2D eigenvalue weighted by atomic mass is 10.1. The maximum absolute atomic E-state index is 12.3. The van der Waals surface area contributed by atoms with E-state index in [0.29, 0.717) is 5.56 Å². The molecule has 0 aliphatic rings. The molecule has 0 saturated carbocycles. The molecule has 0 spiro atoms. The first-order valence-corrected chi connectivity index (χ1v) is 9.27. The smallest absolute Gasteiger partial charge is 0.257 e. The van der Waals surface area contributed by atoms with Gasteiger partial charge in [0.05, 0.1) is 7.11 Å². The van der Waals surface area contributed by atoms with Gasteiger partial charge >= 0.3 is 0 Å². The molecule has 26 heavy (non-hydrogen) atoms. The van der Waals surface area contributed by atoms with E-state index in [1.807, 2.05) is 60.8 Å². The number of hydrogen-bond donors (Lipinski definition) is 2. The lowest BCUT2D eigenvalue weighted by Gasteiger charge is -2.13. The molecule has 0 radical (unpaired) electrons. The van der Waals surface area contributed by atoms with Gasteiger partial charge in [0.1, 0.15) is 5.75 Å². The molecular weight excluding hydrogens is 364 g/mol. The maximum Gasteiger partial charge on any atom is 0.257 e. The summed E-state index contributed by atoms with van der Waals surface area (Å²) < 4.78 is 5.49. The first kappa shape index (κ1) is 18.1. The SMILES string of the molecule is COc1cc(NC(=S)NC(=O)c2ccccc2C)ccc1-c1cccs1. The molecule has 132 valence electrons. The average molecular weight is 383 g/mol. The first-order chi connectivity index (χ1) is 12.6. The predicted octanol–water partition coefficient (Wildman–Crippen LogP) is 4.86. The number of hydrogen-bond acceptors (Lipinski definition) is 4. The van der Waals surface area contributed by atoms with E-state index in [1.165, 1.54) is 0 Å². The van der Waals surface area contributed by atoms with Gasteiger partial charge in [-0.3, -0.25) is 10.1 Å². The molecule has 0 unspecified atom stereocenters. The van der Waals surface area contributed by atoms with E-state index in [2.05, 4.69) is 10.6 Å². The van der Waals surface area contributed by atoms with Crippen molar-refractivity contribution in [1.29, 1.82) is 0 Å². The lowest BCUT2D eigenvalue weighted by molar-refractivity contribution is 0.0977. The second-order valence-electron chi connectivity index (χ2n) is 5.62. The van der Waals surface area contributed by atoms with Crippen molar-refractivity contribution in [3.8, 4) is 16.2 Å². The summed E-state index contributed by atoms with van der Waals surface area (Å²) in [6.45, 7) is 1.89. The lowest BCUT2D eigenvalue weighted by Crippen LogP contribution is -2.34. The summed E-state index contributed by atoms with van der Waals surface area (Å²) >= 11 is 6.92. The summed E-state index contributed by atoms with van der Waals surface area (Å²) in [6.07, 6.45) is 0. The standard InChI is InChI=1S/C20H18N2O2S2/c1-13-6-3-4-7-15(13)19(23)22-20(25)21-14-9-10-16(17(12-14)24-2)18-8-5-11-26-18/h3-12H,1-2H3,(H2,21,22,23,25). The molecule has 0 fully saturated rings. The van der Waals surface area contributed by atoms with Crippen LogP contribution in [0.1, 0.15) is 15.9 Å². The summed E-state index contributed by atoms with van der Waals surface area (Å²) in [5.41, 5.74) is 3.26. The minimum Gasteiger partial charge on any atom is -0.496 e. The van der Waals surface area contributed by atoms with Crippen molar-refractivity contribution in [2.24, 2.45) is 0 Å². The van der Waals surface area contributed by atoms with E-state index in [-0.39, 0.29) is 11.0 Å². The largest absolute Gasteiger partial charge is 0.496 e. The zero-order valence-corrected chi connectivity index (χ0v) is 16.0. The van der Waals surface area contributed by atoms with Crippen molar-refractivity contribution in [3.63, 3.8) is 0 Å². The number of nitrogens with one attached hydrogen (secondary N) is 2. The van der Waals surface area contributed by atoms with Gasteiger partial charge in [0.2, 0.25) is 0 Å². The second-order valence-corrected chi connectivity index (χ2v) is 6.97. The Morgan fingerprint density at radius 2 is 1.92 bits per heavy atom. The Bertz CT molecular complexity index is 937. The maximum atomic E-state index is 12.3. The molecular formula is C20H18N2O2S2. The van der Waals surface area contributed by atoms with Crippen LogP contribution in [0.2, 0.25) is 0 Å². The highest BCUT2D eigenvalue weighted by Crippen LogP contribution is 2.35. The van der Waals surface area contributed by atoms with Gasteiger partial charge in [0, 0.05) is 27.8 Å². The Morgan fingerprint density at radius 1 is 1.12 bits per heavy atom. The van der Waals surface area contributed by atoms with Crippen molar-refractivity contribution in [3.05, 3.63) is 71.1 Å². The van der Waals surface area contributed by atoms with Gasteiger partial charge in [-0.05, 0) is 54.4 Å². The number of amides is 1. The zero-order valence-electron chi connectivity index (χ0n) is 14.4. The van der Waals surface area contributed by atoms with E-state index in [4.69, 9.17) is 17.0 Å². The van der Waals surface area contributed by atoms with Crippen LogP contribution in [0.3, 0.4) is 0 Å². The third-order valence-electron chi connectivity index (χ3n) is 3.86. The fourth-order valence-corrected chi connectivity index (χ4v) is 3.53. The molecule has 1 aromatic heterocycles. The summed E-state index contributed by atoms with van der Waals surface area (Å²) in [5.74, 6) is 0.508. The van der Waals surface area contributed by atoms with E-state index in [9.17, 15) is 4.79 Å². The number of aryl methyl sites for hydroxylation is 1. The quantitative estimate of drug-likeness (QED) is 0.633. The Labute approximate surface area is 161 Å².